The van der Waals surface area contributed by atoms with Crippen molar-refractivity contribution in [2.24, 2.45) is 5.41 Å². The number of ether oxygens (including phenoxy) is 2. The van der Waals surface area contributed by atoms with E-state index in [0.717, 1.165) is 0 Å². The van der Waals surface area contributed by atoms with Crippen LogP contribution in [0.5, 0.6) is 11.5 Å². The largest absolute Gasteiger partial charge is 0.497 e. The molecule has 0 spiro atoms. The summed E-state index contributed by atoms with van der Waals surface area (Å²) in [5.74, 6) is -4.57. The van der Waals surface area contributed by atoms with E-state index in [4.69, 9.17) is 9.47 Å². The van der Waals surface area contributed by atoms with Crippen LogP contribution in [0.3, 0.4) is 0 Å². The molecule has 6 nitrogen and oxygen atoms in total. The van der Waals surface area contributed by atoms with Crippen LogP contribution >= 0.6 is 0 Å². The first-order valence-corrected chi connectivity index (χ1v) is 12.6. The lowest BCUT2D eigenvalue weighted by Crippen LogP contribution is -2.45. The van der Waals surface area contributed by atoms with Crippen LogP contribution in [-0.4, -0.2) is 54.3 Å². The van der Waals surface area contributed by atoms with E-state index < -0.39 is 47.4 Å². The Morgan fingerprint density at radius 2 is 1.85 bits per heavy atom. The average Bonchev–Trinajstić information content (AvgIpc) is 2.92. The van der Waals surface area contributed by atoms with Gasteiger partial charge in [0.2, 0.25) is 0 Å². The molecule has 0 saturated carbocycles. The Bertz CT molecular complexity index is 1300. The normalized spacial score (nSPS) is 16.3. The molecule has 39 heavy (non-hydrogen) atoms. The third-order valence-corrected chi connectivity index (χ3v) is 7.42. The van der Waals surface area contributed by atoms with Crippen LogP contribution in [-0.2, 0) is 11.5 Å². The second-order valence-corrected chi connectivity index (χ2v) is 9.69. The Labute approximate surface area is 222 Å². The van der Waals surface area contributed by atoms with Crippen molar-refractivity contribution in [1.82, 2.24) is 9.88 Å². The van der Waals surface area contributed by atoms with Gasteiger partial charge >= 0.3 is 5.97 Å². The molecule has 1 aromatic heterocycles. The van der Waals surface area contributed by atoms with E-state index in [1.54, 1.807) is 18.2 Å². The molecule has 2 heterocycles. The summed E-state index contributed by atoms with van der Waals surface area (Å²) in [5, 5.41) is 10.5. The number of carboxylic acids is 1. The Morgan fingerprint density at radius 1 is 1.15 bits per heavy atom. The number of alkyl halides is 2. The molecule has 0 radical (unpaired) electrons. The van der Waals surface area contributed by atoms with Gasteiger partial charge in [-0.25, -0.2) is 22.0 Å². The molecule has 3 aromatic rings. The van der Waals surface area contributed by atoms with Crippen molar-refractivity contribution >= 4 is 16.9 Å². The molecule has 0 aliphatic carbocycles. The van der Waals surface area contributed by atoms with E-state index in [-0.39, 0.29) is 50.0 Å². The number of nitrogens with zero attached hydrogens (tertiary/aromatic N) is 2. The third kappa shape index (κ3) is 6.24. The third-order valence-electron chi connectivity index (χ3n) is 7.42. The van der Waals surface area contributed by atoms with Gasteiger partial charge in [0.05, 0.1) is 18.0 Å². The molecule has 11 heteroatoms. The molecule has 0 amide bonds. The number of halogens is 5. The van der Waals surface area contributed by atoms with Crippen LogP contribution in [0.4, 0.5) is 22.0 Å². The first-order valence-electron chi connectivity index (χ1n) is 12.6. The lowest BCUT2D eigenvalue weighted by Gasteiger charge is -2.39. The van der Waals surface area contributed by atoms with E-state index in [9.17, 15) is 27.5 Å². The van der Waals surface area contributed by atoms with Crippen LogP contribution in [0.25, 0.3) is 10.9 Å². The Morgan fingerprint density at radius 3 is 2.46 bits per heavy atom. The maximum Gasteiger partial charge on any atom is 0.309 e. The number of rotatable bonds is 11. The summed E-state index contributed by atoms with van der Waals surface area (Å²) in [6.07, 6.45) is 0.0658. The number of likely N-dealkylation sites (tertiary alicyclic amines) is 1. The van der Waals surface area contributed by atoms with Crippen LogP contribution < -0.4 is 9.47 Å². The van der Waals surface area contributed by atoms with Crippen molar-refractivity contribution in [2.75, 3.05) is 33.4 Å². The molecular formula is C28H29F5N2O4. The van der Waals surface area contributed by atoms with Crippen molar-refractivity contribution in [1.29, 1.82) is 0 Å². The molecule has 1 unspecified atom stereocenters. The number of pyridine rings is 1. The average molecular weight is 553 g/mol. The highest BCUT2D eigenvalue weighted by Crippen LogP contribution is 2.41. The van der Waals surface area contributed by atoms with E-state index >= 15 is 4.39 Å². The number of piperidine rings is 1. The van der Waals surface area contributed by atoms with Crippen LogP contribution in [0.15, 0.2) is 36.5 Å². The number of benzene rings is 2. The Hall–Kier alpha value is -3.47. The second-order valence-electron chi connectivity index (χ2n) is 9.69. The van der Waals surface area contributed by atoms with Crippen molar-refractivity contribution in [3.05, 3.63) is 65.1 Å². The summed E-state index contributed by atoms with van der Waals surface area (Å²) < 4.78 is 80.4. The van der Waals surface area contributed by atoms with Crippen molar-refractivity contribution in [3.63, 3.8) is 0 Å². The zero-order valence-electron chi connectivity index (χ0n) is 21.4. The molecule has 2 aromatic carbocycles. The molecular weight excluding hydrogens is 523 g/mol. The van der Waals surface area contributed by atoms with Gasteiger partial charge in [0.25, 0.3) is 0 Å². The van der Waals surface area contributed by atoms with Gasteiger partial charge in [0.1, 0.15) is 31.0 Å². The monoisotopic (exact) mass is 552 g/mol. The van der Waals surface area contributed by atoms with Gasteiger partial charge in [0, 0.05) is 41.4 Å². The molecule has 210 valence electrons. The predicted octanol–water partition coefficient (Wildman–Crippen LogP) is 6.17. The minimum absolute atomic E-state index is 0.0410. The summed E-state index contributed by atoms with van der Waals surface area (Å²) in [6.45, 7) is -0.0278. The van der Waals surface area contributed by atoms with Crippen LogP contribution in [0.1, 0.15) is 43.0 Å². The summed E-state index contributed by atoms with van der Waals surface area (Å²) in [6, 6.07) is 5.98. The van der Waals surface area contributed by atoms with Gasteiger partial charge in [-0.1, -0.05) is 0 Å². The lowest BCUT2D eigenvalue weighted by atomic mass is 9.74. The van der Waals surface area contributed by atoms with Crippen molar-refractivity contribution < 1.29 is 41.3 Å². The number of carbonyl (C=O) groups is 1. The van der Waals surface area contributed by atoms with Gasteiger partial charge in [-0.05, 0) is 57.0 Å². The molecule has 1 fully saturated rings. The van der Waals surface area contributed by atoms with E-state index in [0.29, 0.717) is 41.9 Å². The molecule has 1 aliphatic rings. The number of methoxy groups -OCH3 is 1. The van der Waals surface area contributed by atoms with Gasteiger partial charge in [-0.2, -0.15) is 0 Å². The van der Waals surface area contributed by atoms with Gasteiger partial charge in [0.15, 0.2) is 17.4 Å². The van der Waals surface area contributed by atoms with Crippen molar-refractivity contribution in [2.45, 2.75) is 38.5 Å². The number of fused-ring (bicyclic) bond motifs is 1. The summed E-state index contributed by atoms with van der Waals surface area (Å²) in [4.78, 5) is 18.4. The molecule has 1 saturated heterocycles. The fourth-order valence-corrected chi connectivity index (χ4v) is 5.10. The molecule has 0 bridgehead atoms. The fourth-order valence-electron chi connectivity index (χ4n) is 5.10. The lowest BCUT2D eigenvalue weighted by molar-refractivity contribution is -0.153. The van der Waals surface area contributed by atoms with Crippen LogP contribution in [0.2, 0.25) is 0 Å². The number of hydrogen-bond donors (Lipinski definition) is 1. The summed E-state index contributed by atoms with van der Waals surface area (Å²) in [5.41, 5.74) is -0.435. The zero-order chi connectivity index (χ0) is 28.2. The maximum atomic E-state index is 15.7. The fraction of sp³-hybridized carbons (Fsp3) is 0.429. The van der Waals surface area contributed by atoms with Crippen LogP contribution in [0, 0.1) is 22.9 Å². The Balaban J connectivity index is 1.39. The highest BCUT2D eigenvalue weighted by atomic mass is 19.2. The SMILES string of the molecule is COc1ccc2ncc(CF)c(C(F)CCC3(C(=O)O)CCN(CCOc4c(F)cc(F)cc4F)CC3)c2c1. The first kappa shape index (κ1) is 28.5. The molecule has 1 aliphatic heterocycles. The topological polar surface area (TPSA) is 71.9 Å². The smallest absolute Gasteiger partial charge is 0.309 e. The number of carboxylic acid groups (broad SMARTS) is 1. The minimum Gasteiger partial charge on any atom is -0.497 e. The summed E-state index contributed by atoms with van der Waals surface area (Å²) in [7, 11) is 1.47. The van der Waals surface area contributed by atoms with E-state index in [1.807, 2.05) is 4.90 Å². The quantitative estimate of drug-likeness (QED) is 0.287. The maximum absolute atomic E-state index is 15.7. The number of hydrogen-bond acceptors (Lipinski definition) is 5. The summed E-state index contributed by atoms with van der Waals surface area (Å²) >= 11 is 0. The molecule has 4 rings (SSSR count). The first-order chi connectivity index (χ1) is 18.7. The molecule has 1 atom stereocenters. The second kappa shape index (κ2) is 12.1. The van der Waals surface area contributed by atoms with Gasteiger partial charge < -0.3 is 14.6 Å². The van der Waals surface area contributed by atoms with Gasteiger partial charge in [-0.3, -0.25) is 14.7 Å². The Kier molecular flexibility index (Phi) is 8.89. The van der Waals surface area contributed by atoms with E-state index in [1.165, 1.54) is 13.3 Å². The zero-order valence-corrected chi connectivity index (χ0v) is 21.4. The van der Waals surface area contributed by atoms with Gasteiger partial charge in [-0.15, -0.1) is 0 Å². The minimum atomic E-state index is -1.61. The number of aromatic nitrogens is 1. The number of aliphatic carboxylic acids is 1. The van der Waals surface area contributed by atoms with Crippen molar-refractivity contribution in [3.8, 4) is 11.5 Å². The highest BCUT2D eigenvalue weighted by molar-refractivity contribution is 5.85. The predicted molar refractivity (Wildman–Crippen MR) is 134 cm³/mol. The highest BCUT2D eigenvalue weighted by Gasteiger charge is 2.42. The standard InChI is InChI=1S/C28H29F5N2O4/c1-38-19-2-3-24-20(14-19)25(17(15-29)16-34-24)21(31)4-5-28(27(36)37)6-8-35(9-7-28)10-11-39-26-22(32)12-18(30)13-23(26)33/h2-3,12-14,16,21H,4-11,15H2,1H3,(H,36,37). The van der Waals surface area contributed by atoms with E-state index in [2.05, 4.69) is 4.98 Å². The molecule has 1 N–H and O–H groups in total.